The summed E-state index contributed by atoms with van der Waals surface area (Å²) in [7, 11) is 0. The Bertz CT molecular complexity index is 2790. The van der Waals surface area contributed by atoms with Crippen LogP contribution in [-0.4, -0.2) is 0 Å². The second-order valence-corrected chi connectivity index (χ2v) is 20.7. The Kier molecular flexibility index (Phi) is 9.02. The van der Waals surface area contributed by atoms with Gasteiger partial charge in [0.25, 0.3) is 0 Å². The first kappa shape index (κ1) is 39.7. The molecule has 0 saturated heterocycles. The Morgan fingerprint density at radius 1 is 0.339 bits per heavy atom. The van der Waals surface area contributed by atoms with Crippen molar-refractivity contribution >= 4 is 44.9 Å². The molecule has 10 rings (SSSR count). The molecular formula is C60H58N2. The van der Waals surface area contributed by atoms with Crippen LogP contribution in [0.4, 0.5) is 34.1 Å². The minimum Gasteiger partial charge on any atom is -0.310 e. The maximum Gasteiger partial charge on any atom is 0.0465 e. The Hall–Kier alpha value is -6.38. The molecule has 2 aliphatic carbocycles. The van der Waals surface area contributed by atoms with E-state index in [-0.39, 0.29) is 21.7 Å². The molecule has 0 bridgehead atoms. The quantitative estimate of drug-likeness (QED) is 0.165. The average Bonchev–Trinajstić information content (AvgIpc) is 3.63. The van der Waals surface area contributed by atoms with E-state index in [4.69, 9.17) is 0 Å². The molecule has 2 aliphatic rings. The molecule has 0 aromatic heterocycles. The number of fused-ring (bicyclic) bond motifs is 10. The van der Waals surface area contributed by atoms with Gasteiger partial charge in [0.05, 0.1) is 0 Å². The van der Waals surface area contributed by atoms with Gasteiger partial charge in [0, 0.05) is 45.0 Å². The standard InChI is InChI=1S/C60H58N2/c1-57(2,3)39-25-29-43(30-26-39)61(41-19-13-11-14-20-41)45-33-35-49-51(37-45)59(7,8)55-53(49)47-23-17-18-24-48(47)54-50-36-34-46(38-52(50)60(9,10)56(54)55)62(42-21-15-12-16-22-42)44-31-27-40(28-32-44)58(4,5)6/h11-38H,1-10H3. The Morgan fingerprint density at radius 3 is 0.984 bits per heavy atom. The van der Waals surface area contributed by atoms with E-state index < -0.39 is 0 Å². The fourth-order valence-corrected chi connectivity index (χ4v) is 10.6. The van der Waals surface area contributed by atoms with Crippen molar-refractivity contribution in [1.29, 1.82) is 0 Å². The summed E-state index contributed by atoms with van der Waals surface area (Å²) in [6.07, 6.45) is 0. The van der Waals surface area contributed by atoms with Gasteiger partial charge >= 0.3 is 0 Å². The minimum atomic E-state index is -0.264. The van der Waals surface area contributed by atoms with Gasteiger partial charge in [-0.05, 0) is 150 Å². The van der Waals surface area contributed by atoms with Crippen LogP contribution in [0.25, 0.3) is 33.0 Å². The van der Waals surface area contributed by atoms with Crippen LogP contribution in [0.1, 0.15) is 103 Å². The lowest BCUT2D eigenvalue weighted by Gasteiger charge is -2.32. The molecule has 8 aromatic rings. The first-order valence-electron chi connectivity index (χ1n) is 22.4. The molecular weight excluding hydrogens is 749 g/mol. The van der Waals surface area contributed by atoms with Gasteiger partial charge in [0.2, 0.25) is 0 Å². The van der Waals surface area contributed by atoms with E-state index in [1.54, 1.807) is 0 Å². The monoisotopic (exact) mass is 806 g/mol. The number of anilines is 6. The summed E-state index contributed by atoms with van der Waals surface area (Å²) in [4.78, 5) is 4.84. The third-order valence-corrected chi connectivity index (χ3v) is 13.9. The van der Waals surface area contributed by atoms with Crippen LogP contribution in [0.15, 0.2) is 170 Å². The number of nitrogens with zero attached hydrogens (tertiary/aromatic N) is 2. The highest BCUT2D eigenvalue weighted by molar-refractivity contribution is 6.13. The number of rotatable bonds is 6. The molecule has 308 valence electrons. The van der Waals surface area contributed by atoms with E-state index in [2.05, 4.69) is 249 Å². The topological polar surface area (TPSA) is 6.48 Å². The zero-order valence-electron chi connectivity index (χ0n) is 38.1. The molecule has 2 heteroatoms. The zero-order valence-corrected chi connectivity index (χ0v) is 38.1. The molecule has 0 radical (unpaired) electrons. The summed E-state index contributed by atoms with van der Waals surface area (Å²) in [6.45, 7) is 23.5. The van der Waals surface area contributed by atoms with Crippen LogP contribution in [-0.2, 0) is 21.7 Å². The molecule has 0 heterocycles. The molecule has 8 aromatic carbocycles. The highest BCUT2D eigenvalue weighted by atomic mass is 15.1. The Morgan fingerprint density at radius 2 is 0.645 bits per heavy atom. The second kappa shape index (κ2) is 14.1. The van der Waals surface area contributed by atoms with Crippen molar-refractivity contribution in [3.63, 3.8) is 0 Å². The van der Waals surface area contributed by atoms with Crippen molar-refractivity contribution in [3.05, 3.63) is 203 Å². The van der Waals surface area contributed by atoms with E-state index in [9.17, 15) is 0 Å². The van der Waals surface area contributed by atoms with Crippen molar-refractivity contribution in [1.82, 2.24) is 0 Å². The average molecular weight is 807 g/mol. The van der Waals surface area contributed by atoms with Crippen molar-refractivity contribution < 1.29 is 0 Å². The molecule has 0 spiro atoms. The van der Waals surface area contributed by atoms with Gasteiger partial charge in [0.15, 0.2) is 0 Å². The lowest BCUT2D eigenvalue weighted by atomic mass is 9.71. The predicted molar refractivity (Wildman–Crippen MR) is 266 cm³/mol. The highest BCUT2D eigenvalue weighted by Crippen LogP contribution is 2.63. The largest absolute Gasteiger partial charge is 0.310 e. The van der Waals surface area contributed by atoms with E-state index in [0.29, 0.717) is 0 Å². The molecule has 2 nitrogen and oxygen atoms in total. The van der Waals surface area contributed by atoms with Gasteiger partial charge in [0.1, 0.15) is 0 Å². The molecule has 0 unspecified atom stereocenters. The summed E-state index contributed by atoms with van der Waals surface area (Å²) in [5.41, 5.74) is 20.4. The van der Waals surface area contributed by atoms with E-state index in [1.807, 2.05) is 0 Å². The van der Waals surface area contributed by atoms with Crippen LogP contribution in [0.2, 0.25) is 0 Å². The van der Waals surface area contributed by atoms with Crippen LogP contribution >= 0.6 is 0 Å². The summed E-state index contributed by atoms with van der Waals surface area (Å²) >= 11 is 0. The molecule has 0 aliphatic heterocycles. The van der Waals surface area contributed by atoms with Gasteiger partial charge in [-0.2, -0.15) is 0 Å². The van der Waals surface area contributed by atoms with Crippen LogP contribution < -0.4 is 9.80 Å². The van der Waals surface area contributed by atoms with E-state index in [0.717, 1.165) is 22.7 Å². The summed E-state index contributed by atoms with van der Waals surface area (Å²) in [6, 6.07) is 63.6. The normalized spacial score (nSPS) is 14.5. The summed E-state index contributed by atoms with van der Waals surface area (Å²) < 4.78 is 0. The lowest BCUT2D eigenvalue weighted by Crippen LogP contribution is -2.24. The summed E-state index contributed by atoms with van der Waals surface area (Å²) in [5, 5.41) is 2.66. The van der Waals surface area contributed by atoms with Gasteiger partial charge in [-0.25, -0.2) is 0 Å². The van der Waals surface area contributed by atoms with Crippen molar-refractivity contribution in [2.45, 2.75) is 90.9 Å². The van der Waals surface area contributed by atoms with E-state index >= 15 is 0 Å². The van der Waals surface area contributed by atoms with Crippen LogP contribution in [0, 0.1) is 0 Å². The molecule has 0 atom stereocenters. The number of hydrogen-bond acceptors (Lipinski definition) is 2. The first-order chi connectivity index (χ1) is 29.5. The van der Waals surface area contributed by atoms with Crippen LogP contribution in [0.5, 0.6) is 0 Å². The van der Waals surface area contributed by atoms with Gasteiger partial charge < -0.3 is 9.80 Å². The fourth-order valence-electron chi connectivity index (χ4n) is 10.6. The summed E-state index contributed by atoms with van der Waals surface area (Å²) in [5.74, 6) is 0. The zero-order chi connectivity index (χ0) is 43.3. The Balaban J connectivity index is 1.14. The Labute approximate surface area is 369 Å². The first-order valence-corrected chi connectivity index (χ1v) is 22.4. The minimum absolute atomic E-state index is 0.0805. The molecule has 0 saturated carbocycles. The molecule has 0 fully saturated rings. The van der Waals surface area contributed by atoms with Gasteiger partial charge in [-0.3, -0.25) is 0 Å². The molecule has 0 amide bonds. The smallest absolute Gasteiger partial charge is 0.0465 e. The lowest BCUT2D eigenvalue weighted by molar-refractivity contribution is 0.590. The van der Waals surface area contributed by atoms with Crippen molar-refractivity contribution in [2.75, 3.05) is 9.80 Å². The fraction of sp³-hybridized carbons (Fsp3) is 0.233. The SMILES string of the molecule is CC(C)(C)c1ccc(N(c2ccccc2)c2ccc3c(c2)C(C)(C)c2c4c(c5ccccc5c2-3)-c2ccc(N(c3ccccc3)c3ccc(C(C)(C)C)cc3)cc2C4(C)C)cc1. The maximum atomic E-state index is 2.48. The second-order valence-electron chi connectivity index (χ2n) is 20.7. The third kappa shape index (κ3) is 6.21. The van der Waals surface area contributed by atoms with Crippen molar-refractivity contribution in [2.24, 2.45) is 0 Å². The highest BCUT2D eigenvalue weighted by Gasteiger charge is 2.47. The predicted octanol–water partition coefficient (Wildman–Crippen LogP) is 17.0. The van der Waals surface area contributed by atoms with Crippen molar-refractivity contribution in [3.8, 4) is 22.3 Å². The number of benzene rings is 8. The molecule has 0 N–H and O–H groups in total. The number of hydrogen-bond donors (Lipinski definition) is 0. The molecule has 62 heavy (non-hydrogen) atoms. The maximum absolute atomic E-state index is 2.48. The third-order valence-electron chi connectivity index (χ3n) is 13.9. The van der Waals surface area contributed by atoms with Gasteiger partial charge in [-0.15, -0.1) is 0 Å². The van der Waals surface area contributed by atoms with Gasteiger partial charge in [-0.1, -0.05) is 166 Å². The van der Waals surface area contributed by atoms with Crippen LogP contribution in [0.3, 0.4) is 0 Å². The number of para-hydroxylation sites is 2. The van der Waals surface area contributed by atoms with E-state index in [1.165, 1.54) is 77.8 Å².